The molecule has 5 heteroatoms. The molecule has 0 amide bonds. The lowest BCUT2D eigenvalue weighted by Gasteiger charge is -2.26. The van der Waals surface area contributed by atoms with Gasteiger partial charge in [0.25, 0.3) is 0 Å². The summed E-state index contributed by atoms with van der Waals surface area (Å²) in [5, 5.41) is 0. The highest BCUT2D eigenvalue weighted by molar-refractivity contribution is 6.01. The summed E-state index contributed by atoms with van der Waals surface area (Å²) >= 11 is 0. The SMILES string of the molecule is CCC(=O)c1ccccc1N(CC)CC(F)(F)F. The van der Waals surface area contributed by atoms with Gasteiger partial charge in [0.05, 0.1) is 0 Å². The fourth-order valence-electron chi connectivity index (χ4n) is 1.76. The molecule has 1 aromatic rings. The second-order valence-electron chi connectivity index (χ2n) is 3.92. The molecule has 18 heavy (non-hydrogen) atoms. The van der Waals surface area contributed by atoms with Gasteiger partial charge in [-0.1, -0.05) is 19.1 Å². The van der Waals surface area contributed by atoms with E-state index in [0.717, 1.165) is 0 Å². The summed E-state index contributed by atoms with van der Waals surface area (Å²) in [6.45, 7) is 2.49. The van der Waals surface area contributed by atoms with Crippen molar-refractivity contribution in [3.63, 3.8) is 0 Å². The Morgan fingerprint density at radius 3 is 2.33 bits per heavy atom. The van der Waals surface area contributed by atoms with Crippen molar-refractivity contribution in [3.8, 4) is 0 Å². The summed E-state index contributed by atoms with van der Waals surface area (Å²) in [5.74, 6) is -0.147. The predicted molar refractivity (Wildman–Crippen MR) is 65.0 cm³/mol. The zero-order chi connectivity index (χ0) is 13.8. The Labute approximate surface area is 104 Å². The normalized spacial score (nSPS) is 11.4. The molecule has 0 heterocycles. The van der Waals surface area contributed by atoms with Crippen molar-refractivity contribution in [1.82, 2.24) is 0 Å². The van der Waals surface area contributed by atoms with Crippen LogP contribution in [-0.4, -0.2) is 25.0 Å². The monoisotopic (exact) mass is 259 g/mol. The van der Waals surface area contributed by atoms with Crippen LogP contribution in [0.3, 0.4) is 0 Å². The van der Waals surface area contributed by atoms with Crippen LogP contribution in [0.2, 0.25) is 0 Å². The Kier molecular flexibility index (Phi) is 4.76. The highest BCUT2D eigenvalue weighted by Crippen LogP contribution is 2.25. The minimum absolute atomic E-state index is 0.147. The van der Waals surface area contributed by atoms with Crippen LogP contribution in [0.15, 0.2) is 24.3 Å². The van der Waals surface area contributed by atoms with Crippen LogP contribution >= 0.6 is 0 Å². The molecule has 1 aromatic carbocycles. The fraction of sp³-hybridized carbons (Fsp3) is 0.462. The molecular weight excluding hydrogens is 243 g/mol. The fourth-order valence-corrected chi connectivity index (χ4v) is 1.76. The number of carbonyl (C=O) groups is 1. The maximum atomic E-state index is 12.5. The molecule has 0 fully saturated rings. The number of nitrogens with zero attached hydrogens (tertiary/aromatic N) is 1. The molecule has 0 aliphatic carbocycles. The van der Waals surface area contributed by atoms with Gasteiger partial charge in [0.1, 0.15) is 6.54 Å². The van der Waals surface area contributed by atoms with Crippen molar-refractivity contribution in [3.05, 3.63) is 29.8 Å². The molecule has 0 saturated carbocycles. The first-order chi connectivity index (χ1) is 8.39. The topological polar surface area (TPSA) is 20.3 Å². The first-order valence-corrected chi connectivity index (χ1v) is 5.83. The van der Waals surface area contributed by atoms with E-state index in [1.165, 1.54) is 4.90 Å². The molecule has 0 unspecified atom stereocenters. The molecule has 0 aliphatic heterocycles. The lowest BCUT2D eigenvalue weighted by Crippen LogP contribution is -2.35. The highest BCUT2D eigenvalue weighted by Gasteiger charge is 2.31. The molecule has 0 atom stereocenters. The van der Waals surface area contributed by atoms with Crippen LogP contribution in [0, 0.1) is 0 Å². The number of benzene rings is 1. The summed E-state index contributed by atoms with van der Waals surface area (Å²) < 4.78 is 37.4. The van der Waals surface area contributed by atoms with Gasteiger partial charge < -0.3 is 4.90 Å². The van der Waals surface area contributed by atoms with Gasteiger partial charge in [-0.05, 0) is 19.1 Å². The number of carbonyl (C=O) groups excluding carboxylic acids is 1. The molecule has 0 bridgehead atoms. The third-order valence-corrected chi connectivity index (χ3v) is 2.62. The lowest BCUT2D eigenvalue weighted by atomic mass is 10.1. The average molecular weight is 259 g/mol. The number of ketones is 1. The minimum atomic E-state index is -4.28. The van der Waals surface area contributed by atoms with Crippen molar-refractivity contribution < 1.29 is 18.0 Å². The quantitative estimate of drug-likeness (QED) is 0.752. The van der Waals surface area contributed by atoms with Crippen LogP contribution < -0.4 is 4.90 Å². The van der Waals surface area contributed by atoms with Crippen LogP contribution in [-0.2, 0) is 0 Å². The Bertz CT molecular complexity index is 415. The molecule has 0 N–H and O–H groups in total. The molecule has 0 aromatic heterocycles. The van der Waals surface area contributed by atoms with Crippen molar-refractivity contribution in [2.75, 3.05) is 18.0 Å². The predicted octanol–water partition coefficient (Wildman–Crippen LogP) is 3.67. The Morgan fingerprint density at radius 2 is 1.83 bits per heavy atom. The maximum Gasteiger partial charge on any atom is 0.405 e. The first kappa shape index (κ1) is 14.5. The van der Waals surface area contributed by atoms with E-state index in [1.807, 2.05) is 0 Å². The van der Waals surface area contributed by atoms with Crippen molar-refractivity contribution in [2.24, 2.45) is 0 Å². The Balaban J connectivity index is 3.09. The van der Waals surface area contributed by atoms with Gasteiger partial charge in [-0.25, -0.2) is 0 Å². The number of Topliss-reactive ketones (excluding diaryl/α,β-unsaturated/α-hetero) is 1. The molecule has 100 valence electrons. The summed E-state index contributed by atoms with van der Waals surface area (Å²) in [5.41, 5.74) is 0.704. The van der Waals surface area contributed by atoms with Gasteiger partial charge in [0.15, 0.2) is 5.78 Å². The first-order valence-electron chi connectivity index (χ1n) is 5.83. The second-order valence-corrected chi connectivity index (χ2v) is 3.92. The summed E-state index contributed by atoms with van der Waals surface area (Å²) in [6, 6.07) is 6.42. The summed E-state index contributed by atoms with van der Waals surface area (Å²) in [4.78, 5) is 12.9. The number of anilines is 1. The molecule has 0 aliphatic rings. The summed E-state index contributed by atoms with van der Waals surface area (Å²) in [6.07, 6.45) is -4.00. The van der Waals surface area contributed by atoms with Gasteiger partial charge in [-0.2, -0.15) is 13.2 Å². The smallest absolute Gasteiger partial charge is 0.362 e. The standard InChI is InChI=1S/C13H16F3NO/c1-3-12(18)10-7-5-6-8-11(10)17(4-2)9-13(14,15)16/h5-8H,3-4,9H2,1-2H3. The lowest BCUT2D eigenvalue weighted by molar-refractivity contribution is -0.119. The minimum Gasteiger partial charge on any atom is -0.362 e. The van der Waals surface area contributed by atoms with Gasteiger partial charge in [-0.3, -0.25) is 4.79 Å². The van der Waals surface area contributed by atoms with Crippen LogP contribution in [0.1, 0.15) is 30.6 Å². The van der Waals surface area contributed by atoms with E-state index in [4.69, 9.17) is 0 Å². The van der Waals surface area contributed by atoms with Crippen LogP contribution in [0.25, 0.3) is 0 Å². The van der Waals surface area contributed by atoms with Gasteiger partial charge in [0.2, 0.25) is 0 Å². The van der Waals surface area contributed by atoms with Crippen LogP contribution in [0.5, 0.6) is 0 Å². The van der Waals surface area contributed by atoms with E-state index < -0.39 is 12.7 Å². The number of para-hydroxylation sites is 1. The zero-order valence-corrected chi connectivity index (χ0v) is 10.4. The number of alkyl halides is 3. The number of hydrogen-bond acceptors (Lipinski definition) is 2. The van der Waals surface area contributed by atoms with Crippen LogP contribution in [0.4, 0.5) is 18.9 Å². The van der Waals surface area contributed by atoms with E-state index >= 15 is 0 Å². The van der Waals surface area contributed by atoms with Gasteiger partial charge >= 0.3 is 6.18 Å². The Hall–Kier alpha value is -1.52. The van der Waals surface area contributed by atoms with Crippen molar-refractivity contribution >= 4 is 11.5 Å². The zero-order valence-electron chi connectivity index (χ0n) is 10.4. The largest absolute Gasteiger partial charge is 0.405 e. The van der Waals surface area contributed by atoms with Gasteiger partial charge in [0, 0.05) is 24.2 Å². The van der Waals surface area contributed by atoms with E-state index in [-0.39, 0.29) is 18.7 Å². The van der Waals surface area contributed by atoms with E-state index in [0.29, 0.717) is 11.3 Å². The van der Waals surface area contributed by atoms with Gasteiger partial charge in [-0.15, -0.1) is 0 Å². The van der Waals surface area contributed by atoms with E-state index in [1.54, 1.807) is 38.1 Å². The number of hydrogen-bond donors (Lipinski definition) is 0. The second kappa shape index (κ2) is 5.89. The van der Waals surface area contributed by atoms with E-state index in [9.17, 15) is 18.0 Å². The summed E-state index contributed by atoms with van der Waals surface area (Å²) in [7, 11) is 0. The third-order valence-electron chi connectivity index (χ3n) is 2.62. The molecule has 0 saturated heterocycles. The highest BCUT2D eigenvalue weighted by atomic mass is 19.4. The van der Waals surface area contributed by atoms with Crippen molar-refractivity contribution in [2.45, 2.75) is 26.4 Å². The number of rotatable bonds is 5. The molecular formula is C13H16F3NO. The van der Waals surface area contributed by atoms with Crippen molar-refractivity contribution in [1.29, 1.82) is 0 Å². The third kappa shape index (κ3) is 3.75. The maximum absolute atomic E-state index is 12.5. The molecule has 0 radical (unpaired) electrons. The van der Waals surface area contributed by atoms with E-state index in [2.05, 4.69) is 0 Å². The molecule has 0 spiro atoms. The average Bonchev–Trinajstić information content (AvgIpc) is 2.34. The Morgan fingerprint density at radius 1 is 1.22 bits per heavy atom. The molecule has 1 rings (SSSR count). The number of halogens is 3. The molecule has 2 nitrogen and oxygen atoms in total.